The van der Waals surface area contributed by atoms with Crippen molar-refractivity contribution in [2.45, 2.75) is 0 Å². The molecule has 0 aromatic heterocycles. The van der Waals surface area contributed by atoms with Gasteiger partial charge in [0.2, 0.25) is 0 Å². The summed E-state index contributed by atoms with van der Waals surface area (Å²) in [6.07, 6.45) is 0. The van der Waals surface area contributed by atoms with Crippen molar-refractivity contribution in [3.63, 3.8) is 0 Å². The van der Waals surface area contributed by atoms with Gasteiger partial charge in [-0.05, 0) is 11.6 Å². The molecule has 2 rings (SSSR count). The third-order valence-electron chi connectivity index (χ3n) is 2.61. The number of carboxylic acid groups (broad SMARTS) is 1. The molecule has 0 radical (unpaired) electrons. The van der Waals surface area contributed by atoms with Crippen LogP contribution in [0.5, 0.6) is 5.75 Å². The van der Waals surface area contributed by atoms with Crippen LogP contribution in [0, 0.1) is 10.1 Å². The van der Waals surface area contributed by atoms with Gasteiger partial charge in [0.1, 0.15) is 0 Å². The normalized spacial score (nSPS) is 10.1. The molecule has 0 spiro atoms. The van der Waals surface area contributed by atoms with E-state index in [0.29, 0.717) is 5.56 Å². The molecule has 0 heterocycles. The highest BCUT2D eigenvalue weighted by atomic mass is 16.6. The molecule has 19 heavy (non-hydrogen) atoms. The molecule has 0 saturated heterocycles. The predicted molar refractivity (Wildman–Crippen MR) is 64.9 cm³/mol. The second-order valence-corrected chi connectivity index (χ2v) is 3.82. The fourth-order valence-electron chi connectivity index (χ4n) is 1.71. The third-order valence-corrected chi connectivity index (χ3v) is 2.61. The summed E-state index contributed by atoms with van der Waals surface area (Å²) in [7, 11) is 0. The van der Waals surface area contributed by atoms with E-state index in [1.54, 1.807) is 0 Å². The zero-order valence-corrected chi connectivity index (χ0v) is 9.57. The number of carboxylic acids is 1. The van der Waals surface area contributed by atoms with Gasteiger partial charge in [-0.3, -0.25) is 10.1 Å². The van der Waals surface area contributed by atoms with Crippen molar-refractivity contribution < 1.29 is 19.9 Å². The summed E-state index contributed by atoms with van der Waals surface area (Å²) in [6.45, 7) is 0. The Morgan fingerprint density at radius 2 is 1.74 bits per heavy atom. The fraction of sp³-hybridized carbons (Fsp3) is 0. The topological polar surface area (TPSA) is 104 Å². The zero-order chi connectivity index (χ0) is 14.0. The van der Waals surface area contributed by atoms with Gasteiger partial charge in [0.25, 0.3) is 5.69 Å². The van der Waals surface area contributed by atoms with Gasteiger partial charge in [0, 0.05) is 17.7 Å². The summed E-state index contributed by atoms with van der Waals surface area (Å²) in [5, 5.41) is 30.8. The lowest BCUT2D eigenvalue weighted by molar-refractivity contribution is -0.384. The van der Waals surface area contributed by atoms with Gasteiger partial charge in [0.05, 0.1) is 10.5 Å². The average molecular weight is 258 g/mol. The van der Waals surface area contributed by atoms with Gasteiger partial charge in [-0.2, -0.15) is 0 Å². The largest absolute Gasteiger partial charge is 0.872 e. The summed E-state index contributed by atoms with van der Waals surface area (Å²) < 4.78 is 0. The maximum atomic E-state index is 11.1. The highest BCUT2D eigenvalue weighted by Crippen LogP contribution is 2.28. The number of hydrogen-bond acceptors (Lipinski definition) is 4. The molecule has 0 unspecified atom stereocenters. The number of carbonyl (C=O) groups is 1. The second kappa shape index (κ2) is 4.77. The van der Waals surface area contributed by atoms with E-state index in [4.69, 9.17) is 5.11 Å². The summed E-state index contributed by atoms with van der Waals surface area (Å²) in [5.74, 6) is -1.40. The van der Waals surface area contributed by atoms with Crippen molar-refractivity contribution in [1.82, 2.24) is 0 Å². The Kier molecular flexibility index (Phi) is 3.15. The van der Waals surface area contributed by atoms with E-state index in [-0.39, 0.29) is 22.6 Å². The lowest BCUT2D eigenvalue weighted by Crippen LogP contribution is -2.01. The Bertz CT molecular complexity index is 649. The SMILES string of the molecule is O=C(O)c1ccc([N+](=O)[O-])cc1-c1ccc([O-])cc1. The Balaban J connectivity index is 2.64. The molecule has 2 aromatic carbocycles. The molecule has 6 nitrogen and oxygen atoms in total. The summed E-state index contributed by atoms with van der Waals surface area (Å²) in [4.78, 5) is 21.2. The highest BCUT2D eigenvalue weighted by molar-refractivity contribution is 5.96. The smallest absolute Gasteiger partial charge is 0.336 e. The highest BCUT2D eigenvalue weighted by Gasteiger charge is 2.16. The first-order chi connectivity index (χ1) is 8.99. The number of nitrogens with zero attached hydrogens (tertiary/aromatic N) is 1. The number of hydrogen-bond donors (Lipinski definition) is 1. The van der Waals surface area contributed by atoms with Gasteiger partial charge < -0.3 is 10.2 Å². The van der Waals surface area contributed by atoms with E-state index >= 15 is 0 Å². The fourth-order valence-corrected chi connectivity index (χ4v) is 1.71. The van der Waals surface area contributed by atoms with Crippen LogP contribution < -0.4 is 5.11 Å². The molecule has 96 valence electrons. The minimum atomic E-state index is -1.18. The number of rotatable bonds is 3. The van der Waals surface area contributed by atoms with Crippen molar-refractivity contribution in [2.75, 3.05) is 0 Å². The standard InChI is InChI=1S/C13H9NO5/c15-10-4-1-8(2-5-10)12-7-9(14(18)19)3-6-11(12)13(16)17/h1-7,15H,(H,16,17)/p-1. The number of aromatic carboxylic acids is 1. The number of nitro benzene ring substituents is 1. The van der Waals surface area contributed by atoms with Crippen LogP contribution in [-0.2, 0) is 0 Å². The van der Waals surface area contributed by atoms with Crippen LogP contribution in [0.3, 0.4) is 0 Å². The van der Waals surface area contributed by atoms with Crippen LogP contribution in [0.25, 0.3) is 11.1 Å². The van der Waals surface area contributed by atoms with Crippen molar-refractivity contribution in [3.8, 4) is 16.9 Å². The van der Waals surface area contributed by atoms with Crippen LogP contribution in [0.15, 0.2) is 42.5 Å². The van der Waals surface area contributed by atoms with E-state index in [1.165, 1.54) is 36.4 Å². The van der Waals surface area contributed by atoms with Gasteiger partial charge in [-0.15, -0.1) is 5.75 Å². The van der Waals surface area contributed by atoms with E-state index < -0.39 is 10.9 Å². The Hall–Kier alpha value is -2.89. The van der Waals surface area contributed by atoms with Crippen molar-refractivity contribution in [3.05, 3.63) is 58.1 Å². The van der Waals surface area contributed by atoms with Gasteiger partial charge in [-0.25, -0.2) is 4.79 Å². The maximum Gasteiger partial charge on any atom is 0.336 e. The second-order valence-electron chi connectivity index (χ2n) is 3.82. The molecule has 0 amide bonds. The monoisotopic (exact) mass is 258 g/mol. The molecule has 6 heteroatoms. The van der Waals surface area contributed by atoms with E-state index in [1.807, 2.05) is 0 Å². The van der Waals surface area contributed by atoms with E-state index in [0.717, 1.165) is 6.07 Å². The van der Waals surface area contributed by atoms with Gasteiger partial charge in [-0.1, -0.05) is 24.3 Å². The molecule has 0 saturated carbocycles. The Labute approximate surface area is 107 Å². The molecule has 1 N–H and O–H groups in total. The van der Waals surface area contributed by atoms with Crippen molar-refractivity contribution in [1.29, 1.82) is 0 Å². The Morgan fingerprint density at radius 1 is 1.11 bits per heavy atom. The minimum Gasteiger partial charge on any atom is -0.872 e. The number of non-ortho nitro benzene ring substituents is 1. The molecule has 0 aliphatic heterocycles. The van der Waals surface area contributed by atoms with Crippen LogP contribution in [-0.4, -0.2) is 16.0 Å². The van der Waals surface area contributed by atoms with E-state index in [9.17, 15) is 20.0 Å². The summed E-state index contributed by atoms with van der Waals surface area (Å²) >= 11 is 0. The predicted octanol–water partition coefficient (Wildman–Crippen LogP) is 2.03. The first-order valence-corrected chi connectivity index (χ1v) is 5.28. The molecule has 0 aliphatic carbocycles. The van der Waals surface area contributed by atoms with Gasteiger partial charge >= 0.3 is 5.97 Å². The minimum absolute atomic E-state index is 0.0516. The number of nitro groups is 1. The summed E-state index contributed by atoms with van der Waals surface area (Å²) in [6, 6.07) is 8.93. The summed E-state index contributed by atoms with van der Waals surface area (Å²) in [5.41, 5.74) is 0.401. The molecule has 0 fully saturated rings. The lowest BCUT2D eigenvalue weighted by Gasteiger charge is -2.09. The van der Waals surface area contributed by atoms with Crippen LogP contribution in [0.4, 0.5) is 5.69 Å². The third kappa shape index (κ3) is 2.52. The van der Waals surface area contributed by atoms with E-state index in [2.05, 4.69) is 0 Å². The van der Waals surface area contributed by atoms with Crippen LogP contribution in [0.1, 0.15) is 10.4 Å². The molecule has 0 aliphatic rings. The molecule has 0 atom stereocenters. The zero-order valence-electron chi connectivity index (χ0n) is 9.57. The number of benzene rings is 2. The molecular formula is C13H8NO5-. The molecule has 0 bridgehead atoms. The first kappa shape index (κ1) is 12.6. The average Bonchev–Trinajstić information content (AvgIpc) is 2.38. The van der Waals surface area contributed by atoms with Crippen LogP contribution >= 0.6 is 0 Å². The van der Waals surface area contributed by atoms with Crippen molar-refractivity contribution in [2.24, 2.45) is 0 Å². The first-order valence-electron chi connectivity index (χ1n) is 5.28. The Morgan fingerprint density at radius 3 is 2.26 bits per heavy atom. The molecule has 2 aromatic rings. The maximum absolute atomic E-state index is 11.1. The van der Waals surface area contributed by atoms with Crippen molar-refractivity contribution >= 4 is 11.7 Å². The van der Waals surface area contributed by atoms with Gasteiger partial charge in [0.15, 0.2) is 0 Å². The van der Waals surface area contributed by atoms with Crippen LogP contribution in [0.2, 0.25) is 0 Å². The molecular weight excluding hydrogens is 250 g/mol. The lowest BCUT2D eigenvalue weighted by atomic mass is 9.99. The quantitative estimate of drug-likeness (QED) is 0.670.